The molecule has 3 rings (SSSR count). The molecule has 1 aromatic heterocycles. The Morgan fingerprint density at radius 3 is 2.96 bits per heavy atom. The zero-order chi connectivity index (χ0) is 19.4. The lowest BCUT2D eigenvalue weighted by Gasteiger charge is -2.25. The maximum Gasteiger partial charge on any atom is 0.307 e. The second kappa shape index (κ2) is 8.49. The van der Waals surface area contributed by atoms with Crippen molar-refractivity contribution in [3.8, 4) is 5.75 Å². The van der Waals surface area contributed by atoms with Gasteiger partial charge < -0.3 is 19.2 Å². The van der Waals surface area contributed by atoms with E-state index in [1.54, 1.807) is 19.2 Å². The number of rotatable bonds is 7. The number of hydrogen-bond donors (Lipinski definition) is 1. The number of aromatic nitrogens is 1. The van der Waals surface area contributed by atoms with Crippen LogP contribution in [0.15, 0.2) is 22.6 Å². The van der Waals surface area contributed by atoms with Crippen LogP contribution in [0.1, 0.15) is 34.6 Å². The van der Waals surface area contributed by atoms with Gasteiger partial charge in [-0.25, -0.2) is 9.37 Å². The summed E-state index contributed by atoms with van der Waals surface area (Å²) in [4.78, 5) is 18.6. The van der Waals surface area contributed by atoms with Gasteiger partial charge in [-0.05, 0) is 13.0 Å². The minimum absolute atomic E-state index is 0.0560. The summed E-state index contributed by atoms with van der Waals surface area (Å²) in [5, 5.41) is 2.78. The van der Waals surface area contributed by atoms with Gasteiger partial charge in [0.25, 0.3) is 5.89 Å². The Morgan fingerprint density at radius 2 is 2.26 bits per heavy atom. The molecule has 0 fully saturated rings. The number of oxazole rings is 1. The fraction of sp³-hybridized carbons (Fsp3) is 0.474. The van der Waals surface area contributed by atoms with Crippen molar-refractivity contribution in [1.29, 1.82) is 0 Å². The van der Waals surface area contributed by atoms with Crippen molar-refractivity contribution in [3.05, 3.63) is 46.9 Å². The fourth-order valence-corrected chi connectivity index (χ4v) is 3.09. The molecule has 1 aliphatic heterocycles. The smallest absolute Gasteiger partial charge is 0.307 e. The van der Waals surface area contributed by atoms with Gasteiger partial charge in [-0.15, -0.1) is 0 Å². The van der Waals surface area contributed by atoms with E-state index in [4.69, 9.17) is 13.9 Å². The van der Waals surface area contributed by atoms with E-state index < -0.39 is 0 Å². The summed E-state index contributed by atoms with van der Waals surface area (Å²) in [6.07, 6.45) is 0.626. The van der Waals surface area contributed by atoms with Crippen LogP contribution in [0.5, 0.6) is 5.75 Å². The van der Waals surface area contributed by atoms with Crippen LogP contribution in [0.4, 0.5) is 4.39 Å². The average molecular weight is 377 g/mol. The molecular weight excluding hydrogens is 353 g/mol. The lowest BCUT2D eigenvalue weighted by atomic mass is 10.1. The van der Waals surface area contributed by atoms with E-state index in [9.17, 15) is 9.18 Å². The molecule has 0 radical (unpaired) electrons. The summed E-state index contributed by atoms with van der Waals surface area (Å²) in [7, 11) is 3.09. The lowest BCUT2D eigenvalue weighted by molar-refractivity contribution is 0.0869. The van der Waals surface area contributed by atoms with E-state index in [0.29, 0.717) is 49.7 Å². The summed E-state index contributed by atoms with van der Waals surface area (Å²) in [6.45, 7) is 3.91. The van der Waals surface area contributed by atoms with E-state index in [2.05, 4.69) is 15.2 Å². The lowest BCUT2D eigenvalue weighted by Crippen LogP contribution is -2.35. The van der Waals surface area contributed by atoms with Gasteiger partial charge in [-0.3, -0.25) is 9.69 Å². The molecule has 0 saturated heterocycles. The normalized spacial score (nSPS) is 15.3. The Hall–Kier alpha value is -2.45. The zero-order valence-corrected chi connectivity index (χ0v) is 15.8. The SMILES string of the molecule is COC[C@H](C)NC(=O)c1nc2c(o1)CCN(Cc1ccc(OC)cc1F)C2. The van der Waals surface area contributed by atoms with Crippen LogP contribution in [0, 0.1) is 5.82 Å². The summed E-state index contributed by atoms with van der Waals surface area (Å²) in [5.41, 5.74) is 1.31. The molecule has 27 heavy (non-hydrogen) atoms. The van der Waals surface area contributed by atoms with Gasteiger partial charge in [0.15, 0.2) is 0 Å². The van der Waals surface area contributed by atoms with Gasteiger partial charge in [0, 0.05) is 50.8 Å². The van der Waals surface area contributed by atoms with E-state index in [1.165, 1.54) is 13.2 Å². The Balaban J connectivity index is 1.64. The largest absolute Gasteiger partial charge is 0.497 e. The highest BCUT2D eigenvalue weighted by molar-refractivity contribution is 5.89. The number of halogens is 1. The van der Waals surface area contributed by atoms with Gasteiger partial charge in [0.05, 0.1) is 19.4 Å². The molecule has 0 bridgehead atoms. The van der Waals surface area contributed by atoms with Crippen LogP contribution in [0.2, 0.25) is 0 Å². The number of nitrogens with one attached hydrogen (secondary N) is 1. The standard InChI is InChI=1S/C19H24FN3O4/c1-12(11-25-2)21-18(24)19-22-16-10-23(7-6-17(16)27-19)9-13-4-5-14(26-3)8-15(13)20/h4-5,8,12H,6-7,9-11H2,1-3H3,(H,21,24)/t12-/m0/s1. The number of benzene rings is 1. The van der Waals surface area contributed by atoms with Crippen LogP contribution in [0.3, 0.4) is 0 Å². The first-order chi connectivity index (χ1) is 13.0. The molecule has 0 saturated carbocycles. The molecular formula is C19H24FN3O4. The third kappa shape index (κ3) is 4.64. The molecule has 8 heteroatoms. The second-order valence-corrected chi connectivity index (χ2v) is 6.64. The number of methoxy groups -OCH3 is 2. The molecule has 1 aliphatic rings. The minimum Gasteiger partial charge on any atom is -0.497 e. The highest BCUT2D eigenvalue weighted by Crippen LogP contribution is 2.23. The highest BCUT2D eigenvalue weighted by Gasteiger charge is 2.25. The van der Waals surface area contributed by atoms with Crippen molar-refractivity contribution in [2.45, 2.75) is 32.5 Å². The van der Waals surface area contributed by atoms with Gasteiger partial charge >= 0.3 is 5.91 Å². The van der Waals surface area contributed by atoms with Crippen LogP contribution < -0.4 is 10.1 Å². The Bertz CT molecular complexity index is 808. The third-order valence-electron chi connectivity index (χ3n) is 4.45. The average Bonchev–Trinajstić information content (AvgIpc) is 3.07. The topological polar surface area (TPSA) is 76.8 Å². The Kier molecular flexibility index (Phi) is 6.08. The third-order valence-corrected chi connectivity index (χ3v) is 4.45. The quantitative estimate of drug-likeness (QED) is 0.797. The van der Waals surface area contributed by atoms with Crippen molar-refractivity contribution in [3.63, 3.8) is 0 Å². The maximum atomic E-state index is 14.2. The van der Waals surface area contributed by atoms with Crippen molar-refractivity contribution in [1.82, 2.24) is 15.2 Å². The van der Waals surface area contributed by atoms with Crippen LogP contribution in [-0.2, 0) is 24.2 Å². The summed E-state index contributed by atoms with van der Waals surface area (Å²) >= 11 is 0. The second-order valence-electron chi connectivity index (χ2n) is 6.64. The van der Waals surface area contributed by atoms with E-state index >= 15 is 0 Å². The Morgan fingerprint density at radius 1 is 1.44 bits per heavy atom. The summed E-state index contributed by atoms with van der Waals surface area (Å²) < 4.78 is 29.8. The van der Waals surface area contributed by atoms with Crippen molar-refractivity contribution in [2.75, 3.05) is 27.4 Å². The number of ether oxygens (including phenoxy) is 2. The first-order valence-electron chi connectivity index (χ1n) is 8.83. The van der Waals surface area contributed by atoms with E-state index in [0.717, 1.165) is 5.69 Å². The summed E-state index contributed by atoms with van der Waals surface area (Å²) in [6, 6.07) is 4.71. The first kappa shape index (κ1) is 19.3. The molecule has 0 spiro atoms. The van der Waals surface area contributed by atoms with Crippen LogP contribution in [-0.4, -0.2) is 49.2 Å². The number of carbonyl (C=O) groups is 1. The fourth-order valence-electron chi connectivity index (χ4n) is 3.09. The number of carbonyl (C=O) groups excluding carboxylic acids is 1. The molecule has 1 N–H and O–H groups in total. The van der Waals surface area contributed by atoms with Gasteiger partial charge in [0.1, 0.15) is 17.3 Å². The maximum absolute atomic E-state index is 14.2. The van der Waals surface area contributed by atoms with Gasteiger partial charge in [-0.2, -0.15) is 0 Å². The highest BCUT2D eigenvalue weighted by atomic mass is 19.1. The van der Waals surface area contributed by atoms with Crippen LogP contribution in [0.25, 0.3) is 0 Å². The molecule has 1 aromatic carbocycles. The predicted molar refractivity (Wildman–Crippen MR) is 96.1 cm³/mol. The molecule has 146 valence electrons. The number of fused-ring (bicyclic) bond motifs is 1. The minimum atomic E-state index is -0.360. The van der Waals surface area contributed by atoms with Crippen molar-refractivity contribution < 1.29 is 23.1 Å². The van der Waals surface area contributed by atoms with Crippen molar-refractivity contribution in [2.24, 2.45) is 0 Å². The molecule has 2 aromatic rings. The number of hydrogen-bond acceptors (Lipinski definition) is 6. The molecule has 0 unspecified atom stereocenters. The van der Waals surface area contributed by atoms with Crippen molar-refractivity contribution >= 4 is 5.91 Å². The molecule has 7 nitrogen and oxygen atoms in total. The monoisotopic (exact) mass is 377 g/mol. The van der Waals surface area contributed by atoms with E-state index in [-0.39, 0.29) is 23.7 Å². The number of amides is 1. The predicted octanol–water partition coefficient (Wildman–Crippen LogP) is 2.15. The van der Waals surface area contributed by atoms with E-state index in [1.807, 2.05) is 6.92 Å². The molecule has 1 atom stereocenters. The Labute approximate surface area is 157 Å². The van der Waals surface area contributed by atoms with Crippen LogP contribution >= 0.6 is 0 Å². The molecule has 0 aliphatic carbocycles. The number of nitrogens with zero attached hydrogens (tertiary/aromatic N) is 2. The summed E-state index contributed by atoms with van der Waals surface area (Å²) in [5.74, 6) is 0.604. The van der Waals surface area contributed by atoms with Gasteiger partial charge in [0.2, 0.25) is 0 Å². The zero-order valence-electron chi connectivity index (χ0n) is 15.8. The molecule has 1 amide bonds. The molecule has 2 heterocycles. The van der Waals surface area contributed by atoms with Gasteiger partial charge in [-0.1, -0.05) is 6.07 Å². The first-order valence-corrected chi connectivity index (χ1v) is 8.83.